The maximum atomic E-state index is 5.57. The average Bonchev–Trinajstić information content (AvgIpc) is 2.50. The average molecular weight is 271 g/mol. The highest BCUT2D eigenvalue weighted by molar-refractivity contribution is 5.36. The molecule has 1 rings (SSSR count). The summed E-state index contributed by atoms with van der Waals surface area (Å²) in [6.45, 7) is 2.87. The van der Waals surface area contributed by atoms with Crippen LogP contribution in [0.2, 0.25) is 0 Å². The van der Waals surface area contributed by atoms with Gasteiger partial charge in [0.1, 0.15) is 0 Å². The van der Waals surface area contributed by atoms with E-state index in [1.54, 1.807) is 0 Å². The predicted octanol–water partition coefficient (Wildman–Crippen LogP) is 5.03. The Balaban J connectivity index is 2.04. The maximum Gasteiger partial charge on any atom is 0.0245 e. The Morgan fingerprint density at radius 1 is 0.850 bits per heavy atom. The van der Waals surface area contributed by atoms with E-state index in [1.807, 2.05) is 0 Å². The Labute approximate surface area is 125 Å². The summed E-state index contributed by atoms with van der Waals surface area (Å²) in [5.74, 6) is 6.49. The van der Waals surface area contributed by atoms with Crippen molar-refractivity contribution in [3.63, 3.8) is 0 Å². The fraction of sp³-hybridized carbons (Fsp3) is 0.579. The number of hydrogen-bond acceptors (Lipinski definition) is 1. The Morgan fingerprint density at radius 3 is 2.05 bits per heavy atom. The third-order valence-corrected chi connectivity index (χ3v) is 3.58. The maximum absolute atomic E-state index is 5.57. The van der Waals surface area contributed by atoms with Crippen molar-refractivity contribution in [3.8, 4) is 11.8 Å². The van der Waals surface area contributed by atoms with Gasteiger partial charge in [-0.1, -0.05) is 75.8 Å². The lowest BCUT2D eigenvalue weighted by Gasteiger charge is -1.99. The van der Waals surface area contributed by atoms with Gasteiger partial charge in [-0.15, -0.1) is 0 Å². The summed E-state index contributed by atoms with van der Waals surface area (Å²) in [6.07, 6.45) is 11.9. The predicted molar refractivity (Wildman–Crippen MR) is 88.4 cm³/mol. The highest BCUT2D eigenvalue weighted by Gasteiger charge is 1.91. The highest BCUT2D eigenvalue weighted by Crippen LogP contribution is 2.09. The Bertz CT molecular complexity index is 394. The first-order valence-corrected chi connectivity index (χ1v) is 8.14. The SMILES string of the molecule is CCCCCCCCCCC#Cc1ccc(CN)cc1. The fourth-order valence-electron chi connectivity index (χ4n) is 2.24. The molecule has 0 aliphatic heterocycles. The summed E-state index contributed by atoms with van der Waals surface area (Å²) in [5, 5.41) is 0. The van der Waals surface area contributed by atoms with Crippen LogP contribution in [0.25, 0.3) is 0 Å². The van der Waals surface area contributed by atoms with Gasteiger partial charge in [0.15, 0.2) is 0 Å². The molecule has 0 unspecified atom stereocenters. The molecule has 0 amide bonds. The Kier molecular flexibility index (Phi) is 9.70. The molecule has 1 aromatic rings. The molecule has 1 heteroatoms. The van der Waals surface area contributed by atoms with Crippen molar-refractivity contribution >= 4 is 0 Å². The topological polar surface area (TPSA) is 26.0 Å². The molecule has 2 N–H and O–H groups in total. The van der Waals surface area contributed by atoms with E-state index in [1.165, 1.54) is 56.9 Å². The van der Waals surface area contributed by atoms with Gasteiger partial charge in [-0.3, -0.25) is 0 Å². The zero-order valence-corrected chi connectivity index (χ0v) is 13.0. The molecule has 0 radical (unpaired) electrons. The molecule has 0 aliphatic carbocycles. The zero-order chi connectivity index (χ0) is 14.5. The minimum atomic E-state index is 0.603. The number of rotatable bonds is 9. The molecule has 0 saturated heterocycles. The first kappa shape index (κ1) is 16.8. The van der Waals surface area contributed by atoms with Crippen LogP contribution in [0, 0.1) is 11.8 Å². The van der Waals surface area contributed by atoms with Gasteiger partial charge in [-0.2, -0.15) is 0 Å². The van der Waals surface area contributed by atoms with E-state index in [-0.39, 0.29) is 0 Å². The molecular formula is C19H29N. The number of unbranched alkanes of at least 4 members (excludes halogenated alkanes) is 8. The number of hydrogen-bond donors (Lipinski definition) is 1. The molecule has 0 bridgehead atoms. The largest absolute Gasteiger partial charge is 0.326 e. The molecule has 20 heavy (non-hydrogen) atoms. The van der Waals surface area contributed by atoms with E-state index < -0.39 is 0 Å². The van der Waals surface area contributed by atoms with Crippen LogP contribution in [0.15, 0.2) is 24.3 Å². The van der Waals surface area contributed by atoms with Gasteiger partial charge in [0.05, 0.1) is 0 Å². The van der Waals surface area contributed by atoms with Crippen LogP contribution < -0.4 is 5.73 Å². The summed E-state index contributed by atoms with van der Waals surface area (Å²) in [5.41, 5.74) is 7.83. The van der Waals surface area contributed by atoms with Crippen molar-refractivity contribution in [1.82, 2.24) is 0 Å². The second-order valence-corrected chi connectivity index (χ2v) is 5.43. The lowest BCUT2D eigenvalue weighted by Crippen LogP contribution is -1.95. The summed E-state index contributed by atoms with van der Waals surface area (Å²) in [7, 11) is 0. The lowest BCUT2D eigenvalue weighted by molar-refractivity contribution is 0.579. The van der Waals surface area contributed by atoms with E-state index in [0.717, 1.165) is 12.0 Å². The Morgan fingerprint density at radius 2 is 1.45 bits per heavy atom. The van der Waals surface area contributed by atoms with Gasteiger partial charge < -0.3 is 5.73 Å². The molecule has 0 aromatic heterocycles. The van der Waals surface area contributed by atoms with Crippen LogP contribution in [0.5, 0.6) is 0 Å². The van der Waals surface area contributed by atoms with Crippen molar-refractivity contribution < 1.29 is 0 Å². The minimum Gasteiger partial charge on any atom is -0.326 e. The van der Waals surface area contributed by atoms with Crippen LogP contribution in [0.1, 0.15) is 75.8 Å². The van der Waals surface area contributed by atoms with E-state index in [2.05, 4.69) is 43.0 Å². The monoisotopic (exact) mass is 271 g/mol. The van der Waals surface area contributed by atoms with Crippen molar-refractivity contribution in [1.29, 1.82) is 0 Å². The third-order valence-electron chi connectivity index (χ3n) is 3.58. The lowest BCUT2D eigenvalue weighted by atomic mass is 10.1. The number of benzene rings is 1. The van der Waals surface area contributed by atoms with Crippen molar-refractivity contribution in [2.45, 2.75) is 71.3 Å². The van der Waals surface area contributed by atoms with Crippen molar-refractivity contribution in [2.75, 3.05) is 0 Å². The first-order chi connectivity index (χ1) is 9.86. The van der Waals surface area contributed by atoms with Crippen molar-refractivity contribution in [2.24, 2.45) is 5.73 Å². The molecule has 1 aromatic carbocycles. The van der Waals surface area contributed by atoms with Gasteiger partial charge in [0.2, 0.25) is 0 Å². The van der Waals surface area contributed by atoms with E-state index >= 15 is 0 Å². The molecule has 0 atom stereocenters. The third kappa shape index (κ3) is 8.02. The summed E-state index contributed by atoms with van der Waals surface area (Å²) >= 11 is 0. The van der Waals surface area contributed by atoms with Gasteiger partial charge in [-0.05, 0) is 24.1 Å². The molecule has 0 aliphatic rings. The molecule has 0 spiro atoms. The summed E-state index contributed by atoms with van der Waals surface area (Å²) in [6, 6.07) is 8.23. The minimum absolute atomic E-state index is 0.603. The highest BCUT2D eigenvalue weighted by atomic mass is 14.5. The summed E-state index contributed by atoms with van der Waals surface area (Å²) < 4.78 is 0. The van der Waals surface area contributed by atoms with Gasteiger partial charge in [0, 0.05) is 18.5 Å². The standard InChI is InChI=1S/C19H29N/c1-2-3-4-5-6-7-8-9-10-11-12-18-13-15-19(17-20)16-14-18/h13-16H,2-10,17,20H2,1H3. The zero-order valence-electron chi connectivity index (χ0n) is 13.0. The molecule has 0 heterocycles. The quantitative estimate of drug-likeness (QED) is 0.495. The first-order valence-electron chi connectivity index (χ1n) is 8.14. The van der Waals surface area contributed by atoms with E-state index in [9.17, 15) is 0 Å². The Hall–Kier alpha value is -1.26. The van der Waals surface area contributed by atoms with Gasteiger partial charge in [0.25, 0.3) is 0 Å². The molecule has 0 fully saturated rings. The van der Waals surface area contributed by atoms with E-state index in [0.29, 0.717) is 6.54 Å². The van der Waals surface area contributed by atoms with Gasteiger partial charge >= 0.3 is 0 Å². The van der Waals surface area contributed by atoms with Crippen LogP contribution in [-0.4, -0.2) is 0 Å². The normalized spacial score (nSPS) is 10.1. The van der Waals surface area contributed by atoms with Crippen LogP contribution >= 0.6 is 0 Å². The molecule has 1 nitrogen and oxygen atoms in total. The molecule has 0 saturated carbocycles. The van der Waals surface area contributed by atoms with Crippen molar-refractivity contribution in [3.05, 3.63) is 35.4 Å². The second-order valence-electron chi connectivity index (χ2n) is 5.43. The van der Waals surface area contributed by atoms with Gasteiger partial charge in [-0.25, -0.2) is 0 Å². The second kappa shape index (κ2) is 11.6. The van der Waals surface area contributed by atoms with Crippen LogP contribution in [-0.2, 0) is 6.54 Å². The van der Waals surface area contributed by atoms with Crippen LogP contribution in [0.3, 0.4) is 0 Å². The van der Waals surface area contributed by atoms with E-state index in [4.69, 9.17) is 5.73 Å². The fourth-order valence-corrected chi connectivity index (χ4v) is 2.24. The smallest absolute Gasteiger partial charge is 0.0245 e. The van der Waals surface area contributed by atoms with Crippen LogP contribution in [0.4, 0.5) is 0 Å². The molecule has 110 valence electrons. The number of nitrogens with two attached hydrogens (primary N) is 1. The summed E-state index contributed by atoms with van der Waals surface area (Å²) in [4.78, 5) is 0. The molecular weight excluding hydrogens is 242 g/mol.